The summed E-state index contributed by atoms with van der Waals surface area (Å²) in [5.74, 6) is 0.997. The molecule has 3 rings (SSSR count). The van der Waals surface area contributed by atoms with Gasteiger partial charge in [0.25, 0.3) is 5.91 Å². The van der Waals surface area contributed by atoms with E-state index in [2.05, 4.69) is 5.32 Å². The Morgan fingerprint density at radius 3 is 2.65 bits per heavy atom. The lowest BCUT2D eigenvalue weighted by atomic mass is 10.1. The summed E-state index contributed by atoms with van der Waals surface area (Å²) in [5.41, 5.74) is 1.00. The van der Waals surface area contributed by atoms with Crippen LogP contribution in [-0.4, -0.2) is 26.7 Å². The van der Waals surface area contributed by atoms with E-state index in [1.165, 1.54) is 13.2 Å². The minimum atomic E-state index is -0.583. The summed E-state index contributed by atoms with van der Waals surface area (Å²) in [7, 11) is 3.13. The van der Waals surface area contributed by atoms with Crippen LogP contribution in [0.15, 0.2) is 57.7 Å². The van der Waals surface area contributed by atoms with Crippen LogP contribution in [0.2, 0.25) is 0 Å². The monoisotopic (exact) mass is 353 g/mol. The zero-order valence-electron chi connectivity index (χ0n) is 14.6. The molecule has 26 heavy (non-hydrogen) atoms. The molecule has 0 atom stereocenters. The zero-order chi connectivity index (χ0) is 18.5. The van der Waals surface area contributed by atoms with Crippen LogP contribution in [0.4, 0.5) is 0 Å². The Hall–Kier alpha value is -3.28. The predicted octanol–water partition coefficient (Wildman–Crippen LogP) is 2.78. The largest absolute Gasteiger partial charge is 0.497 e. The van der Waals surface area contributed by atoms with Gasteiger partial charge in [0.05, 0.1) is 19.8 Å². The maximum Gasteiger partial charge on any atom is 0.337 e. The Labute approximate surface area is 150 Å². The number of amides is 1. The van der Waals surface area contributed by atoms with Crippen molar-refractivity contribution < 1.29 is 18.7 Å². The maximum atomic E-state index is 12.6. The molecule has 0 bridgehead atoms. The van der Waals surface area contributed by atoms with Gasteiger partial charge in [-0.3, -0.25) is 4.79 Å². The first kappa shape index (κ1) is 17.5. The Bertz CT molecular complexity index is 993. The van der Waals surface area contributed by atoms with E-state index >= 15 is 0 Å². The van der Waals surface area contributed by atoms with Gasteiger partial charge in [0.15, 0.2) is 0 Å². The highest BCUT2D eigenvalue weighted by molar-refractivity contribution is 6.05. The number of para-hydroxylation sites is 1. The molecule has 0 aliphatic carbocycles. The third-order valence-corrected chi connectivity index (χ3v) is 4.07. The molecule has 1 N–H and O–H groups in total. The second kappa shape index (κ2) is 7.74. The lowest BCUT2D eigenvalue weighted by molar-refractivity contribution is 0.0955. The first-order valence-corrected chi connectivity index (χ1v) is 8.14. The topological polar surface area (TPSA) is 77.8 Å². The van der Waals surface area contributed by atoms with Crippen molar-refractivity contribution in [2.75, 3.05) is 20.8 Å². The van der Waals surface area contributed by atoms with Crippen molar-refractivity contribution in [3.63, 3.8) is 0 Å². The maximum absolute atomic E-state index is 12.6. The molecule has 0 spiro atoms. The number of carbonyl (C=O) groups excluding carboxylic acids is 1. The van der Waals surface area contributed by atoms with Crippen LogP contribution in [0.5, 0.6) is 11.5 Å². The van der Waals surface area contributed by atoms with Gasteiger partial charge in [0, 0.05) is 24.1 Å². The van der Waals surface area contributed by atoms with Crippen molar-refractivity contribution in [3.8, 4) is 11.5 Å². The smallest absolute Gasteiger partial charge is 0.337 e. The van der Waals surface area contributed by atoms with Crippen molar-refractivity contribution in [1.82, 2.24) is 5.32 Å². The number of hydrogen-bond acceptors (Lipinski definition) is 5. The molecule has 3 aromatic rings. The minimum Gasteiger partial charge on any atom is -0.497 e. The van der Waals surface area contributed by atoms with Gasteiger partial charge < -0.3 is 19.2 Å². The average molecular weight is 353 g/mol. The Morgan fingerprint density at radius 2 is 1.88 bits per heavy atom. The van der Waals surface area contributed by atoms with Crippen molar-refractivity contribution in [2.45, 2.75) is 6.42 Å². The Kier molecular flexibility index (Phi) is 5.22. The fourth-order valence-electron chi connectivity index (χ4n) is 2.77. The molecule has 6 heteroatoms. The molecule has 2 aromatic carbocycles. The molecule has 6 nitrogen and oxygen atoms in total. The highest BCUT2D eigenvalue weighted by atomic mass is 16.5. The highest BCUT2D eigenvalue weighted by Gasteiger charge is 2.14. The van der Waals surface area contributed by atoms with Gasteiger partial charge in [-0.15, -0.1) is 0 Å². The average Bonchev–Trinajstić information content (AvgIpc) is 2.67. The van der Waals surface area contributed by atoms with Crippen LogP contribution >= 0.6 is 0 Å². The summed E-state index contributed by atoms with van der Waals surface area (Å²) in [4.78, 5) is 24.3. The van der Waals surface area contributed by atoms with Gasteiger partial charge in [-0.05, 0) is 30.2 Å². The number of nitrogens with one attached hydrogen (secondary N) is 1. The standard InChI is InChI=1S/C20H19NO5/c1-24-14-7-8-15-16(12-19(22)26-18(15)11-14)20(23)21-10-9-13-5-3-4-6-17(13)25-2/h3-8,11-12H,9-10H2,1-2H3,(H,21,23). The molecular weight excluding hydrogens is 334 g/mol. The summed E-state index contributed by atoms with van der Waals surface area (Å²) in [6, 6.07) is 13.8. The van der Waals surface area contributed by atoms with E-state index in [9.17, 15) is 9.59 Å². The lowest BCUT2D eigenvalue weighted by Gasteiger charge is -2.10. The van der Waals surface area contributed by atoms with E-state index in [0.717, 1.165) is 11.3 Å². The van der Waals surface area contributed by atoms with Crippen molar-refractivity contribution in [1.29, 1.82) is 0 Å². The fourth-order valence-corrected chi connectivity index (χ4v) is 2.77. The summed E-state index contributed by atoms with van der Waals surface area (Å²) < 4.78 is 15.6. The number of rotatable bonds is 6. The summed E-state index contributed by atoms with van der Waals surface area (Å²) >= 11 is 0. The van der Waals surface area contributed by atoms with Gasteiger partial charge in [0.1, 0.15) is 17.1 Å². The van der Waals surface area contributed by atoms with Gasteiger partial charge in [-0.25, -0.2) is 4.79 Å². The minimum absolute atomic E-state index is 0.277. The molecule has 0 aliphatic rings. The van der Waals surface area contributed by atoms with E-state index in [4.69, 9.17) is 13.9 Å². The van der Waals surface area contributed by atoms with E-state index in [1.54, 1.807) is 25.3 Å². The number of methoxy groups -OCH3 is 2. The first-order chi connectivity index (χ1) is 12.6. The second-order valence-corrected chi connectivity index (χ2v) is 5.66. The molecule has 0 radical (unpaired) electrons. The zero-order valence-corrected chi connectivity index (χ0v) is 14.6. The molecule has 0 unspecified atom stereocenters. The summed E-state index contributed by atoms with van der Waals surface area (Å²) in [6.07, 6.45) is 0.614. The molecule has 0 fully saturated rings. The van der Waals surface area contributed by atoms with Crippen LogP contribution in [0, 0.1) is 0 Å². The van der Waals surface area contributed by atoms with Gasteiger partial charge in [-0.1, -0.05) is 18.2 Å². The number of benzene rings is 2. The molecule has 1 aromatic heterocycles. The van der Waals surface area contributed by atoms with Crippen molar-refractivity contribution >= 4 is 16.9 Å². The van der Waals surface area contributed by atoms with E-state index < -0.39 is 5.63 Å². The Morgan fingerprint density at radius 1 is 1.08 bits per heavy atom. The van der Waals surface area contributed by atoms with Crippen molar-refractivity contribution in [2.24, 2.45) is 0 Å². The van der Waals surface area contributed by atoms with Crippen molar-refractivity contribution in [3.05, 3.63) is 70.1 Å². The molecular formula is C20H19NO5. The molecule has 0 saturated heterocycles. The normalized spacial score (nSPS) is 10.5. The molecule has 0 aliphatic heterocycles. The number of hydrogen-bond donors (Lipinski definition) is 1. The quantitative estimate of drug-likeness (QED) is 0.690. The highest BCUT2D eigenvalue weighted by Crippen LogP contribution is 2.22. The van der Waals surface area contributed by atoms with Gasteiger partial charge >= 0.3 is 5.63 Å². The molecule has 134 valence electrons. The molecule has 0 saturated carbocycles. The summed E-state index contributed by atoms with van der Waals surface area (Å²) in [6.45, 7) is 0.414. The fraction of sp³-hybridized carbons (Fsp3) is 0.200. The van der Waals surface area contributed by atoms with Crippen LogP contribution in [-0.2, 0) is 6.42 Å². The van der Waals surface area contributed by atoms with Gasteiger partial charge in [-0.2, -0.15) is 0 Å². The lowest BCUT2D eigenvalue weighted by Crippen LogP contribution is -2.26. The van der Waals surface area contributed by atoms with Crippen LogP contribution in [0.1, 0.15) is 15.9 Å². The third kappa shape index (κ3) is 3.69. The SMILES string of the molecule is COc1ccc2c(C(=O)NCCc3ccccc3OC)cc(=O)oc2c1. The van der Waals surface area contributed by atoms with Crippen LogP contribution < -0.4 is 20.4 Å². The van der Waals surface area contributed by atoms with Crippen LogP contribution in [0.3, 0.4) is 0 Å². The third-order valence-electron chi connectivity index (χ3n) is 4.07. The van der Waals surface area contributed by atoms with E-state index in [0.29, 0.717) is 29.7 Å². The predicted molar refractivity (Wildman–Crippen MR) is 98.1 cm³/mol. The number of carbonyl (C=O) groups is 1. The van der Waals surface area contributed by atoms with Crippen LogP contribution in [0.25, 0.3) is 11.0 Å². The molecule has 1 amide bonds. The summed E-state index contributed by atoms with van der Waals surface area (Å²) in [5, 5.41) is 3.40. The Balaban J connectivity index is 1.78. The number of ether oxygens (including phenoxy) is 2. The van der Waals surface area contributed by atoms with E-state index in [-0.39, 0.29) is 11.5 Å². The first-order valence-electron chi connectivity index (χ1n) is 8.14. The second-order valence-electron chi connectivity index (χ2n) is 5.66. The van der Waals surface area contributed by atoms with Gasteiger partial charge in [0.2, 0.25) is 0 Å². The molecule has 1 heterocycles. The number of fused-ring (bicyclic) bond motifs is 1. The van der Waals surface area contributed by atoms with E-state index in [1.807, 2.05) is 24.3 Å².